The summed E-state index contributed by atoms with van der Waals surface area (Å²) in [6.45, 7) is 2.21. The highest BCUT2D eigenvalue weighted by atomic mass is 32.1. The first-order chi connectivity index (χ1) is 10.1. The monoisotopic (exact) mass is 302 g/mol. The van der Waals surface area contributed by atoms with Gasteiger partial charge in [-0.25, -0.2) is 0 Å². The molecule has 0 aliphatic heterocycles. The smallest absolute Gasteiger partial charge is 0.309 e. The molecule has 1 saturated carbocycles. The molecule has 21 heavy (non-hydrogen) atoms. The summed E-state index contributed by atoms with van der Waals surface area (Å²) in [6.07, 6.45) is 5.63. The Morgan fingerprint density at radius 1 is 1.33 bits per heavy atom. The normalized spacial score (nSPS) is 26.0. The second-order valence-electron chi connectivity index (χ2n) is 6.37. The average Bonchev–Trinajstić information content (AvgIpc) is 2.91. The van der Waals surface area contributed by atoms with E-state index in [0.29, 0.717) is 6.42 Å². The molecule has 1 aromatic heterocycles. The molecule has 0 bridgehead atoms. The summed E-state index contributed by atoms with van der Waals surface area (Å²) in [5.41, 5.74) is 0.670. The van der Waals surface area contributed by atoms with Crippen molar-refractivity contribution in [2.24, 2.45) is 11.3 Å². The highest BCUT2D eigenvalue weighted by Crippen LogP contribution is 2.44. The number of thiophene rings is 1. The number of aliphatic carboxylic acids is 1. The maximum absolute atomic E-state index is 11.9. The second kappa shape index (κ2) is 5.80. The molecule has 0 saturated heterocycles. The Morgan fingerprint density at radius 3 is 2.71 bits per heavy atom. The van der Waals surface area contributed by atoms with Crippen molar-refractivity contribution in [3.8, 4) is 0 Å². The van der Waals surface area contributed by atoms with E-state index in [2.05, 4.69) is 24.4 Å². The van der Waals surface area contributed by atoms with Crippen LogP contribution in [0.1, 0.15) is 44.6 Å². The van der Waals surface area contributed by atoms with Crippen LogP contribution in [-0.4, -0.2) is 11.1 Å². The summed E-state index contributed by atoms with van der Waals surface area (Å²) in [4.78, 5) is 11.9. The fraction of sp³-hybridized carbons (Fsp3) is 0.500. The lowest BCUT2D eigenvalue weighted by Crippen LogP contribution is -2.37. The number of benzene rings is 1. The Morgan fingerprint density at radius 2 is 2.05 bits per heavy atom. The summed E-state index contributed by atoms with van der Waals surface area (Å²) in [5, 5.41) is 13.2. The first kappa shape index (κ1) is 14.6. The first-order valence-corrected chi connectivity index (χ1v) is 8.71. The van der Waals surface area contributed by atoms with Gasteiger partial charge >= 0.3 is 5.97 Å². The molecule has 1 N–H and O–H groups in total. The summed E-state index contributed by atoms with van der Waals surface area (Å²) in [6, 6.07) is 8.32. The van der Waals surface area contributed by atoms with E-state index in [1.807, 2.05) is 12.1 Å². The zero-order valence-electron chi connectivity index (χ0n) is 12.5. The lowest BCUT2D eigenvalue weighted by atomic mass is 9.67. The van der Waals surface area contributed by atoms with Gasteiger partial charge in [0.25, 0.3) is 0 Å². The van der Waals surface area contributed by atoms with Crippen LogP contribution >= 0.6 is 11.3 Å². The Bertz CT molecular complexity index is 635. The van der Waals surface area contributed by atoms with Crippen molar-refractivity contribution in [3.05, 3.63) is 35.2 Å². The Kier molecular flexibility index (Phi) is 4.03. The molecule has 0 radical (unpaired) electrons. The highest BCUT2D eigenvalue weighted by molar-refractivity contribution is 7.17. The summed E-state index contributed by atoms with van der Waals surface area (Å²) >= 11 is 1.73. The van der Waals surface area contributed by atoms with Gasteiger partial charge in [-0.15, -0.1) is 11.3 Å². The molecule has 112 valence electrons. The third-order valence-electron chi connectivity index (χ3n) is 5.18. The Hall–Kier alpha value is -1.35. The number of carboxylic acid groups (broad SMARTS) is 1. The van der Waals surface area contributed by atoms with E-state index in [4.69, 9.17) is 0 Å². The topological polar surface area (TPSA) is 37.3 Å². The van der Waals surface area contributed by atoms with E-state index < -0.39 is 11.4 Å². The molecule has 2 aromatic rings. The second-order valence-corrected chi connectivity index (χ2v) is 7.28. The maximum atomic E-state index is 11.9. The van der Waals surface area contributed by atoms with Crippen LogP contribution in [0.4, 0.5) is 0 Å². The summed E-state index contributed by atoms with van der Waals surface area (Å²) < 4.78 is 1.26. The van der Waals surface area contributed by atoms with Gasteiger partial charge in [0.2, 0.25) is 0 Å². The van der Waals surface area contributed by atoms with Crippen LogP contribution in [0.25, 0.3) is 10.1 Å². The molecule has 1 aliphatic carbocycles. The number of carboxylic acids is 1. The standard InChI is InChI=1S/C18H22O2S/c1-2-13-7-9-18(10-8-13,17(19)20)11-14-12-21-16-6-4-3-5-15(14)16/h3-6,12-13H,2,7-11H2,1H3,(H,19,20). The summed E-state index contributed by atoms with van der Waals surface area (Å²) in [5.74, 6) is 0.115. The molecule has 1 fully saturated rings. The lowest BCUT2D eigenvalue weighted by Gasteiger charge is -2.36. The molecule has 1 aromatic carbocycles. The zero-order chi connectivity index (χ0) is 14.9. The van der Waals surface area contributed by atoms with E-state index in [9.17, 15) is 9.90 Å². The largest absolute Gasteiger partial charge is 0.481 e. The van der Waals surface area contributed by atoms with Crippen LogP contribution in [0, 0.1) is 11.3 Å². The van der Waals surface area contributed by atoms with Crippen molar-refractivity contribution < 1.29 is 9.90 Å². The van der Waals surface area contributed by atoms with Gasteiger partial charge in [0.05, 0.1) is 5.41 Å². The third-order valence-corrected chi connectivity index (χ3v) is 6.20. The Labute approximate surface area is 129 Å². The minimum atomic E-state index is -0.604. The molecule has 1 heterocycles. The van der Waals surface area contributed by atoms with Gasteiger partial charge < -0.3 is 5.11 Å². The van der Waals surface area contributed by atoms with Crippen LogP contribution in [0.15, 0.2) is 29.6 Å². The Balaban J connectivity index is 1.88. The van der Waals surface area contributed by atoms with E-state index in [1.54, 1.807) is 11.3 Å². The van der Waals surface area contributed by atoms with Gasteiger partial charge in [-0.3, -0.25) is 4.79 Å². The molecular weight excluding hydrogens is 280 g/mol. The minimum absolute atomic E-state index is 0.546. The average molecular weight is 302 g/mol. The molecule has 1 aliphatic rings. The molecule has 0 atom stereocenters. The van der Waals surface area contributed by atoms with E-state index in [-0.39, 0.29) is 0 Å². The number of carbonyl (C=O) groups is 1. The molecule has 0 unspecified atom stereocenters. The fourth-order valence-corrected chi connectivity index (χ4v) is 4.60. The van der Waals surface area contributed by atoms with Gasteiger partial charge in [-0.1, -0.05) is 31.5 Å². The van der Waals surface area contributed by atoms with E-state index >= 15 is 0 Å². The van der Waals surface area contributed by atoms with Gasteiger partial charge in [-0.05, 0) is 60.4 Å². The van der Waals surface area contributed by atoms with Crippen LogP contribution in [-0.2, 0) is 11.2 Å². The SMILES string of the molecule is CCC1CCC(Cc2csc3ccccc23)(C(=O)O)CC1. The predicted octanol–water partition coefficient (Wildman–Crippen LogP) is 5.12. The number of rotatable bonds is 4. The van der Waals surface area contributed by atoms with Gasteiger partial charge in [0.15, 0.2) is 0 Å². The molecule has 2 nitrogen and oxygen atoms in total. The van der Waals surface area contributed by atoms with Crippen LogP contribution in [0.5, 0.6) is 0 Å². The van der Waals surface area contributed by atoms with Crippen molar-refractivity contribution in [3.63, 3.8) is 0 Å². The van der Waals surface area contributed by atoms with Gasteiger partial charge in [0, 0.05) is 4.70 Å². The van der Waals surface area contributed by atoms with Gasteiger partial charge in [-0.2, -0.15) is 0 Å². The lowest BCUT2D eigenvalue weighted by molar-refractivity contribution is -0.151. The third kappa shape index (κ3) is 2.71. The fourth-order valence-electron chi connectivity index (χ4n) is 3.64. The predicted molar refractivity (Wildman–Crippen MR) is 87.8 cm³/mol. The van der Waals surface area contributed by atoms with Crippen molar-refractivity contribution >= 4 is 27.4 Å². The van der Waals surface area contributed by atoms with Gasteiger partial charge in [0.1, 0.15) is 0 Å². The number of fused-ring (bicyclic) bond motifs is 1. The van der Waals surface area contributed by atoms with Crippen molar-refractivity contribution in [2.45, 2.75) is 45.4 Å². The molecule has 0 spiro atoms. The first-order valence-electron chi connectivity index (χ1n) is 7.83. The number of hydrogen-bond acceptors (Lipinski definition) is 2. The van der Waals surface area contributed by atoms with Crippen LogP contribution in [0.2, 0.25) is 0 Å². The molecule has 3 rings (SSSR count). The molecule has 3 heteroatoms. The molecule has 0 amide bonds. The van der Waals surface area contributed by atoms with Crippen molar-refractivity contribution in [2.75, 3.05) is 0 Å². The maximum Gasteiger partial charge on any atom is 0.309 e. The van der Waals surface area contributed by atoms with Crippen molar-refractivity contribution in [1.29, 1.82) is 0 Å². The quantitative estimate of drug-likeness (QED) is 0.851. The highest BCUT2D eigenvalue weighted by Gasteiger charge is 2.41. The van der Waals surface area contributed by atoms with E-state index in [1.165, 1.54) is 22.1 Å². The number of hydrogen-bond donors (Lipinski definition) is 1. The van der Waals surface area contributed by atoms with Crippen LogP contribution < -0.4 is 0 Å². The molecular formula is C18H22O2S. The zero-order valence-corrected chi connectivity index (χ0v) is 13.3. The summed E-state index contributed by atoms with van der Waals surface area (Å²) in [7, 11) is 0. The van der Waals surface area contributed by atoms with Crippen LogP contribution in [0.3, 0.4) is 0 Å². The van der Waals surface area contributed by atoms with E-state index in [0.717, 1.165) is 31.6 Å². The van der Waals surface area contributed by atoms with Crippen molar-refractivity contribution in [1.82, 2.24) is 0 Å². The minimum Gasteiger partial charge on any atom is -0.481 e.